The summed E-state index contributed by atoms with van der Waals surface area (Å²) in [5.74, 6) is 0.0782. The Morgan fingerprint density at radius 3 is 2.42 bits per heavy atom. The molecule has 2 aliphatic rings. The van der Waals surface area contributed by atoms with E-state index in [9.17, 15) is 19.7 Å². The number of carbonyl (C=O) groups excluding carboxylic acids is 2. The number of nitrogens with zero attached hydrogens (tertiary/aromatic N) is 2. The highest BCUT2D eigenvalue weighted by Crippen LogP contribution is 2.36. The normalized spacial score (nSPS) is 16.2. The van der Waals surface area contributed by atoms with Crippen LogP contribution >= 0.6 is 0 Å². The zero-order valence-corrected chi connectivity index (χ0v) is 12.5. The lowest BCUT2D eigenvalue weighted by molar-refractivity contribution is -0.384. The summed E-state index contributed by atoms with van der Waals surface area (Å²) in [6.07, 6.45) is 1.70. The SMILES string of the molecule is O=C1c2ccc(Oc3cccc([N+](=O)[O-])c3)cc2C(=O)N1C1CC1. The van der Waals surface area contributed by atoms with Crippen molar-refractivity contribution in [1.82, 2.24) is 4.90 Å². The number of ether oxygens (including phenoxy) is 1. The van der Waals surface area contributed by atoms with Crippen molar-refractivity contribution in [3.63, 3.8) is 0 Å². The lowest BCUT2D eigenvalue weighted by Crippen LogP contribution is -2.31. The van der Waals surface area contributed by atoms with Crippen molar-refractivity contribution in [3.05, 3.63) is 63.7 Å². The zero-order chi connectivity index (χ0) is 16.8. The standard InChI is InChI=1S/C17H12N2O5/c20-16-14-7-6-13(9-15(14)17(21)18(16)10-4-5-10)24-12-3-1-2-11(8-12)19(22)23/h1-3,6-10H,4-5H2. The van der Waals surface area contributed by atoms with Crippen LogP contribution in [0.2, 0.25) is 0 Å². The van der Waals surface area contributed by atoms with Crippen molar-refractivity contribution in [3.8, 4) is 11.5 Å². The molecule has 7 heteroatoms. The number of amides is 2. The van der Waals surface area contributed by atoms with Gasteiger partial charge < -0.3 is 4.74 Å². The molecule has 0 aromatic heterocycles. The Hall–Kier alpha value is -3.22. The molecule has 1 aliphatic carbocycles. The number of nitro groups is 1. The smallest absolute Gasteiger partial charge is 0.273 e. The molecule has 0 atom stereocenters. The van der Waals surface area contributed by atoms with Crippen LogP contribution in [0.4, 0.5) is 5.69 Å². The Labute approximate surface area is 136 Å². The van der Waals surface area contributed by atoms with Gasteiger partial charge in [0, 0.05) is 12.1 Å². The van der Waals surface area contributed by atoms with E-state index in [1.54, 1.807) is 18.2 Å². The average Bonchev–Trinajstić information content (AvgIpc) is 3.36. The monoisotopic (exact) mass is 324 g/mol. The van der Waals surface area contributed by atoms with Crippen molar-refractivity contribution >= 4 is 17.5 Å². The third kappa shape index (κ3) is 2.30. The first-order valence-electron chi connectivity index (χ1n) is 7.49. The molecular formula is C17H12N2O5. The first-order valence-corrected chi connectivity index (χ1v) is 7.49. The van der Waals surface area contributed by atoms with Crippen molar-refractivity contribution in [2.24, 2.45) is 0 Å². The summed E-state index contributed by atoms with van der Waals surface area (Å²) >= 11 is 0. The van der Waals surface area contributed by atoms with Crippen molar-refractivity contribution in [2.45, 2.75) is 18.9 Å². The van der Waals surface area contributed by atoms with Gasteiger partial charge in [0.05, 0.1) is 22.1 Å². The summed E-state index contributed by atoms with van der Waals surface area (Å²) < 4.78 is 5.60. The van der Waals surface area contributed by atoms with Gasteiger partial charge in [0.1, 0.15) is 11.5 Å². The molecule has 4 rings (SSSR count). The summed E-state index contributed by atoms with van der Waals surface area (Å²) in [6.45, 7) is 0. The summed E-state index contributed by atoms with van der Waals surface area (Å²) in [5, 5.41) is 10.8. The molecule has 120 valence electrons. The molecule has 2 aromatic rings. The third-order valence-electron chi connectivity index (χ3n) is 4.07. The maximum atomic E-state index is 12.4. The first kappa shape index (κ1) is 14.4. The number of hydrogen-bond acceptors (Lipinski definition) is 5. The first-order chi connectivity index (χ1) is 11.5. The largest absolute Gasteiger partial charge is 0.457 e. The topological polar surface area (TPSA) is 89.7 Å². The molecule has 0 unspecified atom stereocenters. The van der Waals surface area contributed by atoms with Crippen LogP contribution in [-0.2, 0) is 0 Å². The summed E-state index contributed by atoms with van der Waals surface area (Å²) in [5.41, 5.74) is 0.605. The molecule has 1 saturated carbocycles. The molecule has 1 heterocycles. The lowest BCUT2D eigenvalue weighted by atomic mass is 10.1. The van der Waals surface area contributed by atoms with Gasteiger partial charge in [0.15, 0.2) is 0 Å². The van der Waals surface area contributed by atoms with Gasteiger partial charge in [0.25, 0.3) is 17.5 Å². The van der Waals surface area contributed by atoms with Crippen LogP contribution < -0.4 is 4.74 Å². The molecule has 0 N–H and O–H groups in total. The highest BCUT2D eigenvalue weighted by atomic mass is 16.6. The van der Waals surface area contributed by atoms with E-state index in [1.807, 2.05) is 0 Å². The van der Waals surface area contributed by atoms with Gasteiger partial charge in [-0.1, -0.05) is 6.07 Å². The predicted molar refractivity (Wildman–Crippen MR) is 83.1 cm³/mol. The molecule has 0 bridgehead atoms. The number of nitro benzene ring substituents is 1. The van der Waals surface area contributed by atoms with Gasteiger partial charge in [-0.2, -0.15) is 0 Å². The highest BCUT2D eigenvalue weighted by Gasteiger charge is 2.44. The van der Waals surface area contributed by atoms with Crippen molar-refractivity contribution in [1.29, 1.82) is 0 Å². The molecular weight excluding hydrogens is 312 g/mol. The van der Waals surface area contributed by atoms with Crippen LogP contribution in [-0.4, -0.2) is 27.7 Å². The van der Waals surface area contributed by atoms with Crippen molar-refractivity contribution < 1.29 is 19.2 Å². The van der Waals surface area contributed by atoms with E-state index < -0.39 is 4.92 Å². The van der Waals surface area contributed by atoms with Crippen LogP contribution in [0.3, 0.4) is 0 Å². The van der Waals surface area contributed by atoms with Crippen LogP contribution in [0.5, 0.6) is 11.5 Å². The molecule has 1 aliphatic heterocycles. The fourth-order valence-corrected chi connectivity index (χ4v) is 2.76. The molecule has 2 aromatic carbocycles. The molecule has 0 saturated heterocycles. The average molecular weight is 324 g/mol. The number of imide groups is 1. The van der Waals surface area contributed by atoms with Gasteiger partial charge in [-0.15, -0.1) is 0 Å². The van der Waals surface area contributed by atoms with Gasteiger partial charge in [-0.05, 0) is 37.1 Å². The second-order valence-corrected chi connectivity index (χ2v) is 5.78. The van der Waals surface area contributed by atoms with Gasteiger partial charge >= 0.3 is 0 Å². The highest BCUT2D eigenvalue weighted by molar-refractivity contribution is 6.21. The second-order valence-electron chi connectivity index (χ2n) is 5.78. The molecule has 24 heavy (non-hydrogen) atoms. The Morgan fingerprint density at radius 1 is 1.00 bits per heavy atom. The van der Waals surface area contributed by atoms with E-state index in [2.05, 4.69) is 0 Å². The maximum absolute atomic E-state index is 12.4. The Balaban J connectivity index is 1.63. The molecule has 7 nitrogen and oxygen atoms in total. The number of fused-ring (bicyclic) bond motifs is 1. The Bertz CT molecular complexity index is 888. The summed E-state index contributed by atoms with van der Waals surface area (Å²) in [7, 11) is 0. The zero-order valence-electron chi connectivity index (χ0n) is 12.5. The Kier molecular flexibility index (Phi) is 3.09. The Morgan fingerprint density at radius 2 is 1.71 bits per heavy atom. The van der Waals surface area contributed by atoms with Crippen LogP contribution in [0.15, 0.2) is 42.5 Å². The van der Waals surface area contributed by atoms with E-state index in [-0.39, 0.29) is 23.5 Å². The second kappa shape index (κ2) is 5.16. The fraction of sp³-hybridized carbons (Fsp3) is 0.176. The maximum Gasteiger partial charge on any atom is 0.273 e. The molecule has 1 fully saturated rings. The van der Waals surface area contributed by atoms with E-state index >= 15 is 0 Å². The summed E-state index contributed by atoms with van der Waals surface area (Å²) in [6, 6.07) is 10.4. The van der Waals surface area contributed by atoms with E-state index in [4.69, 9.17) is 4.74 Å². The van der Waals surface area contributed by atoms with Gasteiger partial charge in [0.2, 0.25) is 0 Å². The minimum absolute atomic E-state index is 0.0125. The quantitative estimate of drug-likeness (QED) is 0.489. The predicted octanol–water partition coefficient (Wildman–Crippen LogP) is 3.15. The summed E-state index contributed by atoms with van der Waals surface area (Å²) in [4.78, 5) is 36.3. The van der Waals surface area contributed by atoms with E-state index in [1.165, 1.54) is 29.2 Å². The lowest BCUT2D eigenvalue weighted by Gasteiger charge is -2.11. The third-order valence-corrected chi connectivity index (χ3v) is 4.07. The van der Waals surface area contributed by atoms with Crippen molar-refractivity contribution in [2.75, 3.05) is 0 Å². The number of carbonyl (C=O) groups is 2. The number of hydrogen-bond donors (Lipinski definition) is 0. The number of benzene rings is 2. The van der Waals surface area contributed by atoms with Gasteiger partial charge in [-0.3, -0.25) is 24.6 Å². The molecule has 0 radical (unpaired) electrons. The van der Waals surface area contributed by atoms with E-state index in [0.717, 1.165) is 12.8 Å². The van der Waals surface area contributed by atoms with Crippen LogP contribution in [0.1, 0.15) is 33.6 Å². The van der Waals surface area contributed by atoms with Gasteiger partial charge in [-0.25, -0.2) is 0 Å². The van der Waals surface area contributed by atoms with Crippen LogP contribution in [0, 0.1) is 10.1 Å². The minimum atomic E-state index is -0.509. The van der Waals surface area contributed by atoms with Crippen LogP contribution in [0.25, 0.3) is 0 Å². The van der Waals surface area contributed by atoms with E-state index in [0.29, 0.717) is 22.6 Å². The number of non-ortho nitro benzene ring substituents is 1. The minimum Gasteiger partial charge on any atom is -0.457 e. The fourth-order valence-electron chi connectivity index (χ4n) is 2.76. The number of rotatable bonds is 4. The molecule has 0 spiro atoms. The molecule has 2 amide bonds.